The van der Waals surface area contributed by atoms with Crippen LogP contribution >= 0.6 is 0 Å². The van der Waals surface area contributed by atoms with Crippen LogP contribution in [-0.4, -0.2) is 59.5 Å². The highest BCUT2D eigenvalue weighted by Gasteiger charge is 2.47. The van der Waals surface area contributed by atoms with E-state index in [4.69, 9.17) is 4.74 Å². The van der Waals surface area contributed by atoms with Crippen LogP contribution in [0.15, 0.2) is 24.3 Å². The van der Waals surface area contributed by atoms with Gasteiger partial charge in [-0.2, -0.15) is 5.01 Å². The fourth-order valence-corrected chi connectivity index (χ4v) is 3.74. The summed E-state index contributed by atoms with van der Waals surface area (Å²) >= 11 is 0. The molecule has 2 aliphatic rings. The fourth-order valence-electron chi connectivity index (χ4n) is 3.74. The lowest BCUT2D eigenvalue weighted by molar-refractivity contribution is -0.138. The number of fused-ring (bicyclic) bond motifs is 1. The number of nitrogens with zero attached hydrogens (tertiary/aromatic N) is 2. The second kappa shape index (κ2) is 9.46. The Morgan fingerprint density at radius 3 is 2.53 bits per heavy atom. The zero-order valence-corrected chi connectivity index (χ0v) is 18.9. The molecule has 0 bridgehead atoms. The number of hydrogen-bond acceptors (Lipinski definition) is 6. The Labute approximate surface area is 187 Å². The molecule has 0 aromatic heterocycles. The Kier molecular flexibility index (Phi) is 6.90. The van der Waals surface area contributed by atoms with Crippen molar-refractivity contribution in [3.05, 3.63) is 24.3 Å². The van der Waals surface area contributed by atoms with Crippen LogP contribution in [0.2, 0.25) is 0 Å². The first-order chi connectivity index (χ1) is 15.2. The second-order valence-corrected chi connectivity index (χ2v) is 8.27. The Bertz CT molecular complexity index is 902. The van der Waals surface area contributed by atoms with Gasteiger partial charge in [-0.05, 0) is 38.3 Å². The average Bonchev–Trinajstić information content (AvgIpc) is 3.00. The summed E-state index contributed by atoms with van der Waals surface area (Å²) in [6.45, 7) is 7.39. The SMILES string of the molecule is CCC(CC)NC(=O)C1CN(CC(=O)NN2C(=O)NC(C)(CC)C2=O)c2ccccc2O1. The van der Waals surface area contributed by atoms with Crippen LogP contribution in [0.4, 0.5) is 10.5 Å². The lowest BCUT2D eigenvalue weighted by atomic mass is 10.00. The van der Waals surface area contributed by atoms with Crippen molar-refractivity contribution in [1.29, 1.82) is 0 Å². The van der Waals surface area contributed by atoms with Crippen LogP contribution < -0.4 is 25.7 Å². The molecule has 1 saturated heterocycles. The van der Waals surface area contributed by atoms with Crippen LogP contribution in [0.3, 0.4) is 0 Å². The molecule has 2 aliphatic heterocycles. The molecule has 3 N–H and O–H groups in total. The molecular formula is C22H31N5O5. The zero-order chi connectivity index (χ0) is 23.5. The molecule has 0 spiro atoms. The van der Waals surface area contributed by atoms with Gasteiger partial charge in [-0.1, -0.05) is 32.9 Å². The molecule has 0 radical (unpaired) electrons. The van der Waals surface area contributed by atoms with E-state index in [1.807, 2.05) is 19.9 Å². The van der Waals surface area contributed by atoms with E-state index >= 15 is 0 Å². The van der Waals surface area contributed by atoms with Crippen molar-refractivity contribution in [2.45, 2.75) is 64.6 Å². The molecule has 10 heteroatoms. The molecular weight excluding hydrogens is 414 g/mol. The first kappa shape index (κ1) is 23.4. The quantitative estimate of drug-likeness (QED) is 0.519. The third-order valence-corrected chi connectivity index (χ3v) is 6.02. The number of imide groups is 1. The highest BCUT2D eigenvalue weighted by atomic mass is 16.5. The third-order valence-electron chi connectivity index (χ3n) is 6.02. The number of para-hydroxylation sites is 2. The lowest BCUT2D eigenvalue weighted by Crippen LogP contribution is -2.55. The van der Waals surface area contributed by atoms with E-state index in [1.165, 1.54) is 0 Å². The number of hydrazine groups is 1. The first-order valence-electron chi connectivity index (χ1n) is 11.0. The number of ether oxygens (including phenoxy) is 1. The number of anilines is 1. The van der Waals surface area contributed by atoms with Crippen LogP contribution in [-0.2, 0) is 14.4 Å². The fraction of sp³-hybridized carbons (Fsp3) is 0.545. The number of urea groups is 1. The van der Waals surface area contributed by atoms with Gasteiger partial charge in [0.15, 0.2) is 6.10 Å². The van der Waals surface area contributed by atoms with E-state index in [0.29, 0.717) is 17.9 Å². The normalized spacial score (nSPS) is 22.3. The van der Waals surface area contributed by atoms with Gasteiger partial charge in [0.1, 0.15) is 11.3 Å². The molecule has 174 valence electrons. The first-order valence-corrected chi connectivity index (χ1v) is 11.0. The number of amides is 5. The lowest BCUT2D eigenvalue weighted by Gasteiger charge is -2.35. The van der Waals surface area contributed by atoms with Gasteiger partial charge in [0.2, 0.25) is 0 Å². The number of benzene rings is 1. The number of rotatable bonds is 8. The van der Waals surface area contributed by atoms with E-state index < -0.39 is 29.5 Å². The van der Waals surface area contributed by atoms with Gasteiger partial charge in [-0.3, -0.25) is 19.8 Å². The summed E-state index contributed by atoms with van der Waals surface area (Å²) in [6, 6.07) is 6.50. The summed E-state index contributed by atoms with van der Waals surface area (Å²) in [7, 11) is 0. The average molecular weight is 446 g/mol. The van der Waals surface area contributed by atoms with Gasteiger partial charge >= 0.3 is 6.03 Å². The third kappa shape index (κ3) is 4.63. The highest BCUT2D eigenvalue weighted by Crippen LogP contribution is 2.33. The van der Waals surface area contributed by atoms with Gasteiger partial charge < -0.3 is 20.3 Å². The summed E-state index contributed by atoms with van der Waals surface area (Å²) < 4.78 is 5.89. The van der Waals surface area contributed by atoms with Crippen molar-refractivity contribution in [1.82, 2.24) is 21.1 Å². The van der Waals surface area contributed by atoms with Gasteiger partial charge in [-0.15, -0.1) is 0 Å². The standard InChI is InChI=1S/C22H31N5O5/c1-5-14(6-2)23-19(29)17-12-26(15-10-8-9-11-16(15)32-17)13-18(28)25-27-20(30)22(4,7-3)24-21(27)31/h8-11,14,17H,5-7,12-13H2,1-4H3,(H,23,29)(H,24,31)(H,25,28). The summed E-state index contributed by atoms with van der Waals surface area (Å²) in [4.78, 5) is 51.9. The van der Waals surface area contributed by atoms with Crippen molar-refractivity contribution in [3.63, 3.8) is 0 Å². The van der Waals surface area contributed by atoms with Gasteiger partial charge in [-0.25, -0.2) is 4.79 Å². The van der Waals surface area contributed by atoms with Gasteiger partial charge in [0.25, 0.3) is 17.7 Å². The van der Waals surface area contributed by atoms with E-state index in [9.17, 15) is 19.2 Å². The highest BCUT2D eigenvalue weighted by molar-refractivity contribution is 6.07. The zero-order valence-electron chi connectivity index (χ0n) is 18.9. The van der Waals surface area contributed by atoms with Crippen molar-refractivity contribution < 1.29 is 23.9 Å². The Balaban J connectivity index is 1.72. The molecule has 0 aliphatic carbocycles. The molecule has 5 amide bonds. The van der Waals surface area contributed by atoms with E-state index in [-0.39, 0.29) is 25.0 Å². The van der Waals surface area contributed by atoms with Crippen molar-refractivity contribution >= 4 is 29.4 Å². The second-order valence-electron chi connectivity index (χ2n) is 8.27. The molecule has 2 unspecified atom stereocenters. The molecule has 32 heavy (non-hydrogen) atoms. The van der Waals surface area contributed by atoms with Gasteiger partial charge in [0.05, 0.1) is 18.8 Å². The van der Waals surface area contributed by atoms with Crippen molar-refractivity contribution in [2.75, 3.05) is 18.0 Å². The summed E-state index contributed by atoms with van der Waals surface area (Å²) in [6.07, 6.45) is 1.22. The van der Waals surface area contributed by atoms with Gasteiger partial charge in [0, 0.05) is 6.04 Å². The van der Waals surface area contributed by atoms with Crippen molar-refractivity contribution in [3.8, 4) is 5.75 Å². The maximum atomic E-state index is 12.8. The number of nitrogens with one attached hydrogen (secondary N) is 3. The van der Waals surface area contributed by atoms with Crippen LogP contribution in [0.25, 0.3) is 0 Å². The number of carbonyl (C=O) groups is 4. The molecule has 10 nitrogen and oxygen atoms in total. The van der Waals surface area contributed by atoms with E-state index in [0.717, 1.165) is 17.9 Å². The van der Waals surface area contributed by atoms with Crippen LogP contribution in [0.1, 0.15) is 47.0 Å². The molecule has 1 aromatic rings. The minimum Gasteiger partial charge on any atom is -0.477 e. The topological polar surface area (TPSA) is 120 Å². The smallest absolute Gasteiger partial charge is 0.344 e. The molecule has 2 atom stereocenters. The Morgan fingerprint density at radius 1 is 1.22 bits per heavy atom. The minimum absolute atomic E-state index is 0.0487. The summed E-state index contributed by atoms with van der Waals surface area (Å²) in [5.74, 6) is -0.816. The maximum Gasteiger partial charge on any atom is 0.344 e. The summed E-state index contributed by atoms with van der Waals surface area (Å²) in [5, 5.41) is 6.29. The minimum atomic E-state index is -1.05. The predicted molar refractivity (Wildman–Crippen MR) is 118 cm³/mol. The van der Waals surface area contributed by atoms with Crippen molar-refractivity contribution in [2.24, 2.45) is 0 Å². The summed E-state index contributed by atoms with van der Waals surface area (Å²) in [5.41, 5.74) is 2.00. The molecule has 0 saturated carbocycles. The molecule has 3 rings (SSSR count). The Morgan fingerprint density at radius 2 is 1.91 bits per heavy atom. The molecule has 2 heterocycles. The Hall–Kier alpha value is -3.30. The van der Waals surface area contributed by atoms with E-state index in [2.05, 4.69) is 16.1 Å². The van der Waals surface area contributed by atoms with E-state index in [1.54, 1.807) is 36.9 Å². The number of carbonyl (C=O) groups excluding carboxylic acids is 4. The largest absolute Gasteiger partial charge is 0.477 e. The molecule has 1 fully saturated rings. The predicted octanol–water partition coefficient (Wildman–Crippen LogP) is 1.31. The molecule has 1 aromatic carbocycles. The number of hydrogen-bond donors (Lipinski definition) is 3. The van der Waals surface area contributed by atoms with Crippen LogP contribution in [0, 0.1) is 0 Å². The monoisotopic (exact) mass is 445 g/mol. The van der Waals surface area contributed by atoms with Crippen LogP contribution in [0.5, 0.6) is 5.75 Å². The maximum absolute atomic E-state index is 12.8.